The van der Waals surface area contributed by atoms with Crippen molar-refractivity contribution in [3.05, 3.63) is 194 Å². The number of hydrogen-bond donors (Lipinski definition) is 6. The molecule has 132 heavy (non-hydrogen) atoms. The molecule has 15 aromatic rings. The van der Waals surface area contributed by atoms with Gasteiger partial charge in [-0.15, -0.1) is 21.8 Å². The zero-order chi connectivity index (χ0) is 95.5. The number of benzene rings is 2. The third kappa shape index (κ3) is 32.4. The lowest BCUT2D eigenvalue weighted by atomic mass is 9.89. The van der Waals surface area contributed by atoms with Crippen molar-refractivity contribution in [1.29, 1.82) is 0 Å². The largest absolute Gasteiger partial charge is 0.476 e. The van der Waals surface area contributed by atoms with E-state index in [2.05, 4.69) is 148 Å². The highest BCUT2D eigenvalue weighted by Crippen LogP contribution is 2.26. The Morgan fingerprint density at radius 1 is 0.545 bits per heavy atom. The first-order chi connectivity index (χ1) is 62.6. The molecule has 43 nitrogen and oxygen atoms in total. The summed E-state index contributed by atoms with van der Waals surface area (Å²) in [5, 5.41) is 47.3. The second-order valence-electron chi connectivity index (χ2n) is 27.0. The number of likely N-dealkylation sites (tertiary alicyclic amines) is 1. The first kappa shape index (κ1) is 107. The fraction of sp³-hybridized carbons (Fsp3) is 0.295. The number of nitrogens with two attached hydrogens (primary N) is 3. The number of carboxylic acid groups (broad SMARTS) is 1. The molecular weight excluding hydrogens is 1980 g/mol. The normalized spacial score (nSPS) is 13.1. The Bertz CT molecular complexity index is 6240. The van der Waals surface area contributed by atoms with Crippen LogP contribution >= 0.6 is 107 Å². The van der Waals surface area contributed by atoms with Gasteiger partial charge in [0.25, 0.3) is 29.1 Å². The van der Waals surface area contributed by atoms with Crippen LogP contribution in [0.3, 0.4) is 0 Å². The second kappa shape index (κ2) is 53.8. The van der Waals surface area contributed by atoms with E-state index in [1.54, 1.807) is 123 Å². The zero-order valence-electron chi connectivity index (χ0n) is 70.8. The van der Waals surface area contributed by atoms with E-state index in [1.165, 1.54) is 69.0 Å². The highest BCUT2D eigenvalue weighted by molar-refractivity contribution is 9.10. The molecule has 0 aliphatic carbocycles. The molecule has 2 aromatic carbocycles. The number of hydrogen-bond acceptors (Lipinski definition) is 34. The van der Waals surface area contributed by atoms with E-state index in [0.29, 0.717) is 125 Å². The smallest absolute Gasteiger partial charge is 0.358 e. The number of aldehydes is 1. The molecule has 0 saturated carbocycles. The Hall–Kier alpha value is -11.6. The van der Waals surface area contributed by atoms with Crippen molar-refractivity contribution < 1.29 is 76.8 Å². The van der Waals surface area contributed by atoms with E-state index in [4.69, 9.17) is 120 Å². The highest BCUT2D eigenvalue weighted by atomic mass is 79.9. The summed E-state index contributed by atoms with van der Waals surface area (Å²) in [4.78, 5) is 122. The number of anilines is 3. The lowest BCUT2D eigenvalue weighted by molar-refractivity contribution is -0.143. The predicted octanol–water partition coefficient (Wildman–Crippen LogP) is 8.82. The van der Waals surface area contributed by atoms with Gasteiger partial charge in [0.05, 0.1) is 56.1 Å². The molecule has 54 heteroatoms. The van der Waals surface area contributed by atoms with Crippen molar-refractivity contribution in [2.75, 3.05) is 124 Å². The van der Waals surface area contributed by atoms with Gasteiger partial charge in [0.2, 0.25) is 9.23 Å². The van der Waals surface area contributed by atoms with Crippen molar-refractivity contribution in [2.24, 2.45) is 0 Å². The lowest BCUT2D eigenvalue weighted by Gasteiger charge is -2.32. The number of ether oxygens (including phenoxy) is 2. The van der Waals surface area contributed by atoms with Crippen LogP contribution < -0.4 is 22.7 Å². The average Bonchev–Trinajstić information content (AvgIpc) is 1.62. The number of oxazole rings is 2. The Balaban J connectivity index is 0.000000207. The number of halogens is 9. The Morgan fingerprint density at radius 2 is 0.977 bits per heavy atom. The summed E-state index contributed by atoms with van der Waals surface area (Å²) >= 11 is 36.2. The molecule has 13 aromatic heterocycles. The van der Waals surface area contributed by atoms with Crippen LogP contribution in [0.5, 0.6) is 0 Å². The van der Waals surface area contributed by atoms with Crippen LogP contribution in [0.4, 0.5) is 17.8 Å². The van der Waals surface area contributed by atoms with Crippen molar-refractivity contribution in [1.82, 2.24) is 117 Å². The van der Waals surface area contributed by atoms with Crippen LogP contribution in [0.2, 0.25) is 20.6 Å². The van der Waals surface area contributed by atoms with Crippen LogP contribution in [0.15, 0.2) is 154 Å². The molecule has 3 aliphatic rings. The molecule has 16 heterocycles. The van der Waals surface area contributed by atoms with Gasteiger partial charge >= 0.3 is 25.4 Å². The van der Waals surface area contributed by atoms with Gasteiger partial charge in [0.1, 0.15) is 54.6 Å². The number of nitrogens with zero attached hydrogens (tertiary/aromatic N) is 24. The maximum atomic E-state index is 13.0. The number of aromatic carboxylic acids is 1. The highest BCUT2D eigenvalue weighted by Gasteiger charge is 2.26. The van der Waals surface area contributed by atoms with Gasteiger partial charge in [-0.05, 0) is 186 Å². The average molecular weight is 2060 g/mol. The van der Waals surface area contributed by atoms with E-state index in [-0.39, 0.29) is 64.2 Å². The third-order valence-corrected chi connectivity index (χ3v) is 19.5. The monoisotopic (exact) mass is 2060 g/mol. The van der Waals surface area contributed by atoms with Gasteiger partial charge in [0.15, 0.2) is 67.0 Å². The number of carbonyl (C=O) groups is 7. The van der Waals surface area contributed by atoms with Crippen molar-refractivity contribution in [3.63, 3.8) is 0 Å². The molecule has 1 atom stereocenters. The minimum atomic E-state index is -1.67. The topological polar surface area (TPSA) is 570 Å². The number of carbonyl (C=O) groups excluding carboxylic acids is 6. The number of likely N-dealkylation sites (N-methyl/N-ethyl adjacent to an activating group) is 2. The van der Waals surface area contributed by atoms with Gasteiger partial charge in [-0.3, -0.25) is 23.8 Å². The molecule has 1 unspecified atom stereocenters. The number of imidazole rings is 5. The van der Waals surface area contributed by atoms with Gasteiger partial charge in [-0.1, -0.05) is 64.4 Å². The summed E-state index contributed by atoms with van der Waals surface area (Å²) in [7, 11) is 14.7. The summed E-state index contributed by atoms with van der Waals surface area (Å²) in [6.45, 7) is 14.9. The van der Waals surface area contributed by atoms with Crippen molar-refractivity contribution in [3.8, 4) is 11.3 Å². The SMILES string of the molecule is CCO.CCOC(=O)C(Cl)C=O.CCOC(=O)c1cnc2ccc(Br)nn12.CN1CCCCC1.CN1CCN(C(=O)c2cnc3ccc(Cl)nn23)CC1.CN1CCN(C(=O)c2cnc3cnc(-c4ccc5oc(N)nc5c4)cn23)CC1.Nc1ccc(Cl)nn1.Nc1nc2cc([B]O)ccc2o1.O.O=C(Cl)c1cnc2ccc(Cl)nn12.O=C(O)c1cnc2ccc(Cl)nn12.O=S(Cl)Cl. The standard InChI is InChI=1S/C19H19N7O2.C12H14ClN5O.C9H8BrN3O2.C7H6BN2O2.C7H3Cl2N3O.C7H4ClN3O2.C6H13N.C5H7ClO3.C4H4ClN3.C2H6O.Cl2OS.H2O/c1-24-4-6-25(7-5-24)18(27)15-9-22-17-10-21-14(11-26(15)17)12-2-3-16-13(8-12)23-19(20)28-16;1-16-4-6-17(7-5-16)12(19)9-8-14-11-3-2-10(13)15-18(9)11;1-2-15-9(14)6-5-11-8-4-3-7(10)12-13(6)8;9-7-10-5-3-4(8-11)1-2-6(5)12-7;8-5-1-2-6-10-3-4(7(9)13)12(6)11-5;8-5-1-2-6-9-3-4(7(12)13)11(6)10-5;1-7-5-3-2-4-6-7;1-2-9-5(8)4(6)3-7;5-3-1-2-4(6)8-7-3;1-2-3;1-4(2)3;/h2-3,8-11H,4-7H2,1H3,(H2,20,23);2-3,8H,4-7H2,1H3;3-5H,2H2,1H3;1-3,11H,(H2,9,10);1-3H;1-3H,(H,12,13);2-6H2,1H3;3-4H,2H2,1H3;1-2H,(H2,6,8);3H,2H2,1H3;;1H2. The number of aliphatic hydroxyl groups is 1. The van der Waals surface area contributed by atoms with Crippen LogP contribution in [0.1, 0.15) is 92.5 Å². The summed E-state index contributed by atoms with van der Waals surface area (Å²) in [6, 6.07) is 27.4. The fourth-order valence-electron chi connectivity index (χ4n) is 11.5. The van der Waals surface area contributed by atoms with E-state index < -0.39 is 37.8 Å². The summed E-state index contributed by atoms with van der Waals surface area (Å²) in [5.74, 6) is -1.87. The third-order valence-electron chi connectivity index (χ3n) is 17.8. The molecule has 701 valence electrons. The molecule has 0 bridgehead atoms. The summed E-state index contributed by atoms with van der Waals surface area (Å²) in [5.41, 5.74) is 25.3. The van der Waals surface area contributed by atoms with Gasteiger partial charge in [-0.25, -0.2) is 61.6 Å². The van der Waals surface area contributed by atoms with Crippen LogP contribution in [0.25, 0.3) is 61.7 Å². The second-order valence-corrected chi connectivity index (χ2v) is 32.7. The number of rotatable bonds is 11. The number of esters is 2. The fourth-order valence-corrected chi connectivity index (χ4v) is 12.5. The van der Waals surface area contributed by atoms with Crippen LogP contribution in [-0.2, 0) is 28.3 Å². The molecular formula is C78H86BBrCl8N27O16S. The Labute approximate surface area is 801 Å². The number of piperazine rings is 2. The quantitative estimate of drug-likeness (QED) is 0.0176. The molecule has 0 spiro atoms. The number of carboxylic acids is 1. The molecule has 1 radical (unpaired) electrons. The maximum Gasteiger partial charge on any atom is 0.358 e. The summed E-state index contributed by atoms with van der Waals surface area (Å²) < 4.78 is 36.6. The van der Waals surface area contributed by atoms with Crippen LogP contribution in [-0.4, -0.2) is 303 Å². The minimum Gasteiger partial charge on any atom is -0.476 e. The van der Waals surface area contributed by atoms with E-state index >= 15 is 0 Å². The Morgan fingerprint density at radius 3 is 1.44 bits per heavy atom. The maximum absolute atomic E-state index is 13.0. The van der Waals surface area contributed by atoms with Gasteiger partial charge in [-0.2, -0.15) is 30.4 Å². The molecule has 3 fully saturated rings. The minimum absolute atomic E-state index is 0. The predicted molar refractivity (Wildman–Crippen MR) is 502 cm³/mol. The first-order valence-corrected chi connectivity index (χ1v) is 44.8. The number of aliphatic hydroxyl groups excluding tert-OH is 1. The van der Waals surface area contributed by atoms with Gasteiger partial charge < -0.3 is 85.5 Å². The number of nitrogen functional groups attached to an aromatic ring is 3. The first-order valence-electron chi connectivity index (χ1n) is 38.9. The molecule has 11 N–H and O–H groups in total. The molecule has 18 rings (SSSR count). The zero-order valence-corrected chi connectivity index (χ0v) is 79.3. The van der Waals surface area contributed by atoms with E-state index in [1.807, 2.05) is 34.2 Å². The van der Waals surface area contributed by atoms with Crippen molar-refractivity contribution in [2.45, 2.75) is 45.4 Å². The lowest BCUT2D eigenvalue weighted by Crippen LogP contribution is -2.47. The van der Waals surface area contributed by atoms with Crippen LogP contribution in [0, 0.1) is 0 Å². The number of aromatic nitrogens is 19. The van der Waals surface area contributed by atoms with Crippen molar-refractivity contribution >= 4 is 239 Å². The van der Waals surface area contributed by atoms with E-state index in [9.17, 15) is 33.6 Å². The number of piperidine rings is 1. The van der Waals surface area contributed by atoms with E-state index in [0.717, 1.165) is 52.3 Å². The number of amides is 2. The Kier molecular flexibility index (Phi) is 43.8. The number of alkyl halides is 1. The van der Waals surface area contributed by atoms with Gasteiger partial charge in [0, 0.05) is 92.1 Å². The molecule has 2 amide bonds. The molecule has 3 aliphatic heterocycles. The summed E-state index contributed by atoms with van der Waals surface area (Å²) in [6.07, 6.45) is 15.3. The molecule has 3 saturated heterocycles. The number of fused-ring (bicyclic) bond motifs is 7.